The lowest BCUT2D eigenvalue weighted by atomic mass is 9.49. The first-order valence-corrected chi connectivity index (χ1v) is 10.8. The van der Waals surface area contributed by atoms with E-state index in [1.807, 2.05) is 0 Å². The average molecular weight is 379 g/mol. The van der Waals surface area contributed by atoms with Crippen LogP contribution in [0, 0.1) is 23.2 Å². The summed E-state index contributed by atoms with van der Waals surface area (Å²) in [6.45, 7) is 0.449. The highest BCUT2D eigenvalue weighted by molar-refractivity contribution is 7.89. The average Bonchev–Trinajstić information content (AvgIpc) is 2.57. The van der Waals surface area contributed by atoms with Gasteiger partial charge in [-0.3, -0.25) is 4.79 Å². The molecule has 0 aromatic heterocycles. The molecule has 142 valence electrons. The van der Waals surface area contributed by atoms with Gasteiger partial charge in [-0.1, -0.05) is 0 Å². The summed E-state index contributed by atoms with van der Waals surface area (Å²) in [5.74, 6) is 2.60. The lowest BCUT2D eigenvalue weighted by molar-refractivity contribution is -0.172. The maximum absolute atomic E-state index is 12.7. The van der Waals surface area contributed by atoms with Crippen LogP contribution in [0.25, 0.3) is 0 Å². The van der Waals surface area contributed by atoms with Gasteiger partial charge in [0.15, 0.2) is 0 Å². The predicted molar refractivity (Wildman–Crippen MR) is 94.9 cm³/mol. The zero-order valence-electron chi connectivity index (χ0n) is 14.7. The molecule has 0 aliphatic heterocycles. The smallest absolute Gasteiger partial charge is 0.312 e. The fourth-order valence-corrected chi connectivity index (χ4v) is 6.05. The highest BCUT2D eigenvalue weighted by Crippen LogP contribution is 2.60. The van der Waals surface area contributed by atoms with Gasteiger partial charge in [0.2, 0.25) is 10.0 Å². The van der Waals surface area contributed by atoms with Gasteiger partial charge in [0.05, 0.1) is 10.3 Å². The van der Waals surface area contributed by atoms with Crippen LogP contribution in [0.2, 0.25) is 0 Å². The second kappa shape index (κ2) is 6.53. The molecule has 7 heteroatoms. The Morgan fingerprint density at radius 2 is 1.54 bits per heavy atom. The van der Waals surface area contributed by atoms with Crippen molar-refractivity contribution in [2.24, 2.45) is 28.3 Å². The van der Waals surface area contributed by atoms with E-state index < -0.39 is 10.0 Å². The number of rotatable bonds is 6. The third-order valence-corrected chi connectivity index (χ3v) is 7.14. The van der Waals surface area contributed by atoms with Crippen LogP contribution in [-0.4, -0.2) is 27.6 Å². The Morgan fingerprint density at radius 1 is 1.00 bits per heavy atom. The van der Waals surface area contributed by atoms with Gasteiger partial charge < -0.3 is 9.47 Å². The van der Waals surface area contributed by atoms with E-state index in [2.05, 4.69) is 0 Å². The molecule has 4 aliphatic rings. The Balaban J connectivity index is 1.27. The molecule has 4 saturated carbocycles. The number of nitrogens with two attached hydrogens (primary N) is 1. The van der Waals surface area contributed by atoms with Gasteiger partial charge in [-0.25, -0.2) is 13.6 Å². The molecule has 0 amide bonds. The second-order valence-electron chi connectivity index (χ2n) is 8.20. The van der Waals surface area contributed by atoms with Crippen molar-refractivity contribution in [2.75, 3.05) is 13.2 Å². The van der Waals surface area contributed by atoms with Gasteiger partial charge in [-0.05, 0) is 80.5 Å². The van der Waals surface area contributed by atoms with E-state index in [0.29, 0.717) is 23.5 Å². The summed E-state index contributed by atoms with van der Waals surface area (Å²) < 4.78 is 33.5. The number of hydrogen-bond donors (Lipinski definition) is 1. The van der Waals surface area contributed by atoms with Crippen LogP contribution in [0.15, 0.2) is 29.2 Å². The highest BCUT2D eigenvalue weighted by atomic mass is 32.2. The minimum atomic E-state index is -3.70. The Hall–Kier alpha value is -1.60. The maximum Gasteiger partial charge on any atom is 0.312 e. The Bertz CT molecular complexity index is 751. The van der Waals surface area contributed by atoms with Gasteiger partial charge in [-0.2, -0.15) is 0 Å². The number of ether oxygens (including phenoxy) is 2. The molecular weight excluding hydrogens is 354 g/mol. The lowest BCUT2D eigenvalue weighted by Crippen LogP contribution is -2.50. The molecule has 5 rings (SSSR count). The Kier molecular flexibility index (Phi) is 4.47. The van der Waals surface area contributed by atoms with E-state index in [1.165, 1.54) is 31.4 Å². The van der Waals surface area contributed by atoms with Gasteiger partial charge in [-0.15, -0.1) is 0 Å². The van der Waals surface area contributed by atoms with Crippen LogP contribution in [0.4, 0.5) is 0 Å². The van der Waals surface area contributed by atoms with E-state index in [1.54, 1.807) is 12.1 Å². The van der Waals surface area contributed by atoms with E-state index in [-0.39, 0.29) is 29.5 Å². The monoisotopic (exact) mass is 379 g/mol. The van der Waals surface area contributed by atoms with Crippen molar-refractivity contribution >= 4 is 16.0 Å². The number of benzene rings is 1. The minimum Gasteiger partial charge on any atom is -0.490 e. The molecule has 4 bridgehead atoms. The van der Waals surface area contributed by atoms with Crippen LogP contribution < -0.4 is 9.88 Å². The molecule has 4 aliphatic carbocycles. The molecule has 0 unspecified atom stereocenters. The molecule has 2 N–H and O–H groups in total. The fourth-order valence-electron chi connectivity index (χ4n) is 5.53. The predicted octanol–water partition coefficient (Wildman–Crippen LogP) is 2.47. The standard InChI is InChI=1S/C19H25NO5S/c20-26(22,23)17-3-1-16(2-4-17)24-5-6-25-18(21)19-10-13-7-14(11-19)9-15(8-13)12-19/h1-4,13-15H,5-12H2,(H2,20,22,23). The van der Waals surface area contributed by atoms with Gasteiger partial charge in [0, 0.05) is 0 Å². The first kappa shape index (κ1) is 17.8. The SMILES string of the molecule is NS(=O)(=O)c1ccc(OCCOC(=O)C23CC4CC(CC(C4)C2)C3)cc1. The first-order chi connectivity index (χ1) is 12.3. The molecule has 0 radical (unpaired) electrons. The van der Waals surface area contributed by atoms with Crippen LogP contribution in [0.3, 0.4) is 0 Å². The van der Waals surface area contributed by atoms with Gasteiger partial charge in [0.1, 0.15) is 19.0 Å². The molecule has 0 heterocycles. The van der Waals surface area contributed by atoms with Crippen molar-refractivity contribution in [2.45, 2.75) is 43.4 Å². The number of esters is 1. The molecule has 0 atom stereocenters. The molecular formula is C19H25NO5S. The molecule has 26 heavy (non-hydrogen) atoms. The lowest BCUT2D eigenvalue weighted by Gasteiger charge is -2.55. The summed E-state index contributed by atoms with van der Waals surface area (Å²) in [6.07, 6.45) is 6.87. The molecule has 4 fully saturated rings. The van der Waals surface area contributed by atoms with Crippen LogP contribution >= 0.6 is 0 Å². The minimum absolute atomic E-state index is 0.0399. The molecule has 1 aromatic rings. The van der Waals surface area contributed by atoms with Crippen molar-refractivity contribution in [3.05, 3.63) is 24.3 Å². The zero-order chi connectivity index (χ0) is 18.4. The first-order valence-electron chi connectivity index (χ1n) is 9.27. The van der Waals surface area contributed by atoms with Crippen LogP contribution in [0.1, 0.15) is 38.5 Å². The highest BCUT2D eigenvalue weighted by Gasteiger charge is 2.55. The molecule has 1 aromatic carbocycles. The summed E-state index contributed by atoms with van der Waals surface area (Å²) in [7, 11) is -3.70. The van der Waals surface area contributed by atoms with E-state index in [4.69, 9.17) is 14.6 Å². The zero-order valence-corrected chi connectivity index (χ0v) is 15.5. The number of hydrogen-bond acceptors (Lipinski definition) is 5. The van der Waals surface area contributed by atoms with Gasteiger partial charge in [0.25, 0.3) is 0 Å². The number of sulfonamides is 1. The molecule has 0 saturated heterocycles. The van der Waals surface area contributed by atoms with Crippen molar-refractivity contribution in [3.63, 3.8) is 0 Å². The summed E-state index contributed by atoms with van der Waals surface area (Å²) in [4.78, 5) is 12.7. The Labute approximate surface area is 154 Å². The van der Waals surface area contributed by atoms with Crippen LogP contribution in [-0.2, 0) is 19.6 Å². The van der Waals surface area contributed by atoms with Crippen LogP contribution in [0.5, 0.6) is 5.75 Å². The number of carbonyl (C=O) groups excluding carboxylic acids is 1. The quantitative estimate of drug-likeness (QED) is 0.605. The van der Waals surface area contributed by atoms with Gasteiger partial charge >= 0.3 is 5.97 Å². The summed E-state index contributed by atoms with van der Waals surface area (Å²) in [5, 5.41) is 5.06. The number of primary sulfonamides is 1. The summed E-state index contributed by atoms with van der Waals surface area (Å²) >= 11 is 0. The van der Waals surface area contributed by atoms with E-state index in [0.717, 1.165) is 19.3 Å². The topological polar surface area (TPSA) is 95.7 Å². The van der Waals surface area contributed by atoms with E-state index in [9.17, 15) is 13.2 Å². The third-order valence-electron chi connectivity index (χ3n) is 6.21. The largest absolute Gasteiger partial charge is 0.490 e. The summed E-state index contributed by atoms with van der Waals surface area (Å²) in [5.41, 5.74) is -0.244. The fraction of sp³-hybridized carbons (Fsp3) is 0.632. The maximum atomic E-state index is 12.7. The van der Waals surface area contributed by atoms with Crippen molar-refractivity contribution in [1.82, 2.24) is 0 Å². The Morgan fingerprint density at radius 3 is 2.04 bits per heavy atom. The molecule has 0 spiro atoms. The second-order valence-corrected chi connectivity index (χ2v) is 9.76. The summed E-state index contributed by atoms with van der Waals surface area (Å²) in [6, 6.07) is 5.87. The van der Waals surface area contributed by atoms with Crippen molar-refractivity contribution in [1.29, 1.82) is 0 Å². The van der Waals surface area contributed by atoms with E-state index >= 15 is 0 Å². The molecule has 6 nitrogen and oxygen atoms in total. The number of carbonyl (C=O) groups is 1. The normalized spacial score (nSPS) is 32.4. The van der Waals surface area contributed by atoms with Crippen molar-refractivity contribution in [3.8, 4) is 5.75 Å². The third kappa shape index (κ3) is 3.47. The van der Waals surface area contributed by atoms with Crippen molar-refractivity contribution < 1.29 is 22.7 Å².